The highest BCUT2D eigenvalue weighted by atomic mass is 19.1. The van der Waals surface area contributed by atoms with Gasteiger partial charge in [0.15, 0.2) is 0 Å². The van der Waals surface area contributed by atoms with Crippen molar-refractivity contribution < 1.29 is 13.9 Å². The average Bonchev–Trinajstić information content (AvgIpc) is 3.13. The largest absolute Gasteiger partial charge is 0.444 e. The van der Waals surface area contributed by atoms with Crippen LogP contribution in [-0.2, 0) is 11.8 Å². The Balaban J connectivity index is 1.44. The van der Waals surface area contributed by atoms with E-state index >= 15 is 0 Å². The summed E-state index contributed by atoms with van der Waals surface area (Å²) in [5.41, 5.74) is 10.6. The van der Waals surface area contributed by atoms with Crippen LogP contribution in [0.15, 0.2) is 36.7 Å². The predicted molar refractivity (Wildman–Crippen MR) is 140 cm³/mol. The first-order valence-electron chi connectivity index (χ1n) is 12.6. The summed E-state index contributed by atoms with van der Waals surface area (Å²) in [7, 11) is 1.98. The van der Waals surface area contributed by atoms with E-state index < -0.39 is 5.60 Å². The third kappa shape index (κ3) is 4.45. The number of piperidine rings is 1. The Bertz CT molecular complexity index is 1350. The highest BCUT2D eigenvalue weighted by Crippen LogP contribution is 2.48. The monoisotopic (exact) mass is 491 g/mol. The Kier molecular flexibility index (Phi) is 6.01. The van der Waals surface area contributed by atoms with Crippen LogP contribution < -0.4 is 5.73 Å². The number of halogens is 1. The molecule has 1 saturated heterocycles. The molecule has 36 heavy (non-hydrogen) atoms. The topological polar surface area (TPSA) is 86.3 Å². The maximum Gasteiger partial charge on any atom is 0.410 e. The summed E-state index contributed by atoms with van der Waals surface area (Å²) in [6, 6.07) is 6.62. The van der Waals surface area contributed by atoms with Crippen LogP contribution in [0.2, 0.25) is 0 Å². The van der Waals surface area contributed by atoms with E-state index in [0.717, 1.165) is 60.0 Å². The molecule has 0 radical (unpaired) electrons. The number of rotatable bonds is 2. The normalized spacial score (nSPS) is 17.9. The first-order valence-corrected chi connectivity index (χ1v) is 12.6. The SMILES string of the molecule is Cn1c(C2=CCC3(CC2)CCN(C(=O)OC(C)(C)C)CC3)c(-c2cccc(F)c2)c2c(N)ncnc21. The lowest BCUT2D eigenvalue weighted by Crippen LogP contribution is -2.45. The van der Waals surface area contributed by atoms with E-state index in [-0.39, 0.29) is 17.3 Å². The van der Waals surface area contributed by atoms with Gasteiger partial charge < -0.3 is 19.9 Å². The zero-order chi connectivity index (χ0) is 25.7. The van der Waals surface area contributed by atoms with E-state index in [1.807, 2.05) is 38.8 Å². The first kappa shape index (κ1) is 24.3. The van der Waals surface area contributed by atoms with Crippen LogP contribution in [0, 0.1) is 11.2 Å². The number of aryl methyl sites for hydroxylation is 1. The minimum atomic E-state index is -0.486. The van der Waals surface area contributed by atoms with E-state index in [1.54, 1.807) is 12.1 Å². The number of aromatic nitrogens is 3. The number of carbonyl (C=O) groups is 1. The van der Waals surface area contributed by atoms with Gasteiger partial charge in [0.1, 0.15) is 29.2 Å². The Morgan fingerprint density at radius 3 is 2.56 bits per heavy atom. The highest BCUT2D eigenvalue weighted by Gasteiger charge is 2.38. The average molecular weight is 492 g/mol. The van der Waals surface area contributed by atoms with E-state index in [4.69, 9.17) is 10.5 Å². The van der Waals surface area contributed by atoms with E-state index in [2.05, 4.69) is 20.6 Å². The third-order valence-corrected chi connectivity index (χ3v) is 7.60. The van der Waals surface area contributed by atoms with Gasteiger partial charge in [-0.15, -0.1) is 0 Å². The lowest BCUT2D eigenvalue weighted by atomic mass is 9.68. The number of nitrogen functional groups attached to an aromatic ring is 1. The minimum absolute atomic E-state index is 0.185. The number of likely N-dealkylation sites (tertiary alicyclic amines) is 1. The number of hydrogen-bond donors (Lipinski definition) is 1. The quantitative estimate of drug-likeness (QED) is 0.479. The Labute approximate surface area is 211 Å². The van der Waals surface area contributed by atoms with Crippen LogP contribution in [0.25, 0.3) is 27.7 Å². The number of nitrogens with zero attached hydrogens (tertiary/aromatic N) is 4. The van der Waals surface area contributed by atoms with Crippen molar-refractivity contribution in [3.63, 3.8) is 0 Å². The van der Waals surface area contributed by atoms with Crippen LogP contribution in [0.3, 0.4) is 0 Å². The number of amides is 1. The van der Waals surface area contributed by atoms with Crippen LogP contribution in [0.4, 0.5) is 15.0 Å². The second-order valence-electron chi connectivity index (χ2n) is 11.2. The number of nitrogens with two attached hydrogens (primary N) is 1. The van der Waals surface area contributed by atoms with Crippen molar-refractivity contribution in [1.29, 1.82) is 0 Å². The molecule has 0 atom stereocenters. The Morgan fingerprint density at radius 1 is 1.17 bits per heavy atom. The summed E-state index contributed by atoms with van der Waals surface area (Å²) in [5.74, 6) is 0.0997. The van der Waals surface area contributed by atoms with Gasteiger partial charge >= 0.3 is 6.09 Å². The van der Waals surface area contributed by atoms with Crippen molar-refractivity contribution in [2.45, 2.75) is 58.5 Å². The molecule has 2 aromatic heterocycles. The molecule has 2 aliphatic rings. The smallest absolute Gasteiger partial charge is 0.410 e. The molecule has 0 bridgehead atoms. The molecule has 7 nitrogen and oxygen atoms in total. The number of ether oxygens (including phenoxy) is 1. The summed E-state index contributed by atoms with van der Waals surface area (Å²) in [5, 5.41) is 0.757. The molecule has 0 unspecified atom stereocenters. The number of allylic oxidation sites excluding steroid dienone is 2. The Morgan fingerprint density at radius 2 is 1.92 bits per heavy atom. The molecule has 1 spiro atoms. The zero-order valence-corrected chi connectivity index (χ0v) is 21.5. The van der Waals surface area contributed by atoms with Crippen molar-refractivity contribution in [3.8, 4) is 11.1 Å². The molecule has 3 heterocycles. The summed E-state index contributed by atoms with van der Waals surface area (Å²) in [6.45, 7) is 7.12. The number of benzene rings is 1. The molecule has 190 valence electrons. The molecular weight excluding hydrogens is 457 g/mol. The molecule has 1 aliphatic carbocycles. The first-order chi connectivity index (χ1) is 17.1. The number of anilines is 1. The van der Waals surface area contributed by atoms with Gasteiger partial charge in [-0.05, 0) is 81.6 Å². The number of hydrogen-bond acceptors (Lipinski definition) is 5. The standard InChI is InChI=1S/C28H34FN5O2/c1-27(2,3)36-26(35)34-14-12-28(13-15-34)10-8-18(9-11-28)23-21(19-6-5-7-20(29)16-19)22-24(30)31-17-32-25(22)33(23)4/h5-8,16-17H,9-15H2,1-4H3,(H2,30,31,32). The maximum absolute atomic E-state index is 14.2. The van der Waals surface area contributed by atoms with E-state index in [9.17, 15) is 9.18 Å². The molecule has 2 N–H and O–H groups in total. The van der Waals surface area contributed by atoms with E-state index in [1.165, 1.54) is 18.0 Å². The lowest BCUT2D eigenvalue weighted by Gasteiger charge is -2.43. The molecule has 8 heteroatoms. The van der Waals surface area contributed by atoms with E-state index in [0.29, 0.717) is 18.9 Å². The van der Waals surface area contributed by atoms with Crippen molar-refractivity contribution in [3.05, 3.63) is 48.2 Å². The van der Waals surface area contributed by atoms with Crippen molar-refractivity contribution in [1.82, 2.24) is 19.4 Å². The number of fused-ring (bicyclic) bond motifs is 1. The van der Waals surface area contributed by atoms with Gasteiger partial charge in [-0.1, -0.05) is 18.2 Å². The second kappa shape index (κ2) is 8.91. The summed E-state index contributed by atoms with van der Waals surface area (Å²) >= 11 is 0. The molecule has 1 fully saturated rings. The van der Waals surface area contributed by atoms with Gasteiger partial charge in [0, 0.05) is 25.7 Å². The van der Waals surface area contributed by atoms with Crippen LogP contribution in [-0.4, -0.2) is 44.2 Å². The third-order valence-electron chi connectivity index (χ3n) is 7.60. The Hall–Kier alpha value is -3.42. The lowest BCUT2D eigenvalue weighted by molar-refractivity contribution is 0.00896. The van der Waals surface area contributed by atoms with Crippen LogP contribution in [0.1, 0.15) is 58.6 Å². The molecule has 3 aromatic rings. The molecule has 1 aromatic carbocycles. The van der Waals surface area contributed by atoms with Crippen molar-refractivity contribution >= 4 is 28.5 Å². The fourth-order valence-corrected chi connectivity index (χ4v) is 5.68. The summed E-state index contributed by atoms with van der Waals surface area (Å²) in [4.78, 5) is 23.1. The zero-order valence-electron chi connectivity index (χ0n) is 21.5. The molecule has 0 saturated carbocycles. The van der Waals surface area contributed by atoms with Gasteiger partial charge in [0.05, 0.1) is 11.1 Å². The van der Waals surface area contributed by atoms with Crippen molar-refractivity contribution in [2.24, 2.45) is 12.5 Å². The molecule has 5 rings (SSSR count). The fourth-order valence-electron chi connectivity index (χ4n) is 5.68. The predicted octanol–water partition coefficient (Wildman–Crippen LogP) is 5.94. The summed E-state index contributed by atoms with van der Waals surface area (Å²) < 4.78 is 21.9. The van der Waals surface area contributed by atoms with Gasteiger partial charge in [0.25, 0.3) is 0 Å². The van der Waals surface area contributed by atoms with Crippen LogP contribution in [0.5, 0.6) is 0 Å². The minimum Gasteiger partial charge on any atom is -0.444 e. The fraction of sp³-hybridized carbons (Fsp3) is 0.464. The number of carbonyl (C=O) groups excluding carboxylic acids is 1. The maximum atomic E-state index is 14.2. The van der Waals surface area contributed by atoms with Crippen molar-refractivity contribution in [2.75, 3.05) is 18.8 Å². The highest BCUT2D eigenvalue weighted by molar-refractivity contribution is 6.05. The van der Waals surface area contributed by atoms with Crippen LogP contribution >= 0.6 is 0 Å². The van der Waals surface area contributed by atoms with Gasteiger partial charge in [-0.3, -0.25) is 0 Å². The summed E-state index contributed by atoms with van der Waals surface area (Å²) in [6.07, 6.45) is 8.36. The second-order valence-corrected chi connectivity index (χ2v) is 11.2. The van der Waals surface area contributed by atoms with Gasteiger partial charge in [0.2, 0.25) is 0 Å². The van der Waals surface area contributed by atoms with Gasteiger partial charge in [-0.2, -0.15) is 0 Å². The van der Waals surface area contributed by atoms with Gasteiger partial charge in [-0.25, -0.2) is 19.2 Å². The molecular formula is C28H34FN5O2. The molecule has 1 amide bonds. The molecule has 1 aliphatic heterocycles.